The fourth-order valence-corrected chi connectivity index (χ4v) is 3.26. The zero-order chi connectivity index (χ0) is 15.6. The van der Waals surface area contributed by atoms with Gasteiger partial charge in [-0.25, -0.2) is 0 Å². The Morgan fingerprint density at radius 3 is 3.04 bits per heavy atom. The second-order valence-corrected chi connectivity index (χ2v) is 6.23. The summed E-state index contributed by atoms with van der Waals surface area (Å²) in [7, 11) is 0. The van der Waals surface area contributed by atoms with Crippen LogP contribution in [0, 0.1) is 6.92 Å². The molecular weight excluding hydrogens is 286 g/mol. The lowest BCUT2D eigenvalue weighted by Gasteiger charge is -2.11. The first-order chi connectivity index (χ1) is 11.3. The Balaban J connectivity index is 1.60. The van der Waals surface area contributed by atoms with Gasteiger partial charge < -0.3 is 9.88 Å². The zero-order valence-corrected chi connectivity index (χ0v) is 13.4. The van der Waals surface area contributed by atoms with Crippen molar-refractivity contribution in [2.45, 2.75) is 45.7 Å². The van der Waals surface area contributed by atoms with E-state index in [9.17, 15) is 0 Å². The molecule has 0 atom stereocenters. The first-order valence-corrected chi connectivity index (χ1v) is 8.31. The number of anilines is 1. The number of benzene rings is 1. The molecule has 0 saturated heterocycles. The summed E-state index contributed by atoms with van der Waals surface area (Å²) in [5.74, 6) is 2.16. The fraction of sp³-hybridized carbons (Fsp3) is 0.389. The van der Waals surface area contributed by atoms with Gasteiger partial charge in [-0.1, -0.05) is 18.1 Å². The quantitative estimate of drug-likeness (QED) is 0.805. The van der Waals surface area contributed by atoms with Crippen molar-refractivity contribution >= 4 is 16.6 Å². The van der Waals surface area contributed by atoms with Crippen LogP contribution in [0.25, 0.3) is 10.9 Å². The van der Waals surface area contributed by atoms with Crippen LogP contribution in [0.4, 0.5) is 5.69 Å². The molecule has 1 N–H and O–H groups in total. The molecule has 23 heavy (non-hydrogen) atoms. The van der Waals surface area contributed by atoms with Crippen LogP contribution in [0.3, 0.4) is 0 Å². The second-order valence-electron chi connectivity index (χ2n) is 6.23. The summed E-state index contributed by atoms with van der Waals surface area (Å²) in [4.78, 5) is 4.44. The average Bonchev–Trinajstić information content (AvgIpc) is 2.79. The second kappa shape index (κ2) is 5.99. The van der Waals surface area contributed by atoms with E-state index in [1.807, 2.05) is 12.3 Å². The normalized spacial score (nSPS) is 14.5. The van der Waals surface area contributed by atoms with Gasteiger partial charge in [0.1, 0.15) is 5.82 Å². The van der Waals surface area contributed by atoms with Gasteiger partial charge in [-0.15, -0.1) is 10.2 Å². The lowest BCUT2D eigenvalue weighted by molar-refractivity contribution is 0.610. The number of aromatic nitrogens is 4. The van der Waals surface area contributed by atoms with E-state index in [2.05, 4.69) is 50.2 Å². The van der Waals surface area contributed by atoms with Crippen molar-refractivity contribution < 1.29 is 0 Å². The number of fused-ring (bicyclic) bond motifs is 2. The summed E-state index contributed by atoms with van der Waals surface area (Å²) in [6.45, 7) is 3.84. The van der Waals surface area contributed by atoms with Gasteiger partial charge in [0.05, 0.1) is 12.1 Å². The minimum absolute atomic E-state index is 0.694. The topological polar surface area (TPSA) is 55.6 Å². The molecule has 4 rings (SSSR count). The highest BCUT2D eigenvalue weighted by molar-refractivity contribution is 5.91. The molecule has 0 unspecified atom stereocenters. The van der Waals surface area contributed by atoms with Crippen LogP contribution in [0.1, 0.15) is 36.5 Å². The summed E-state index contributed by atoms with van der Waals surface area (Å²) in [6, 6.07) is 8.37. The highest BCUT2D eigenvalue weighted by Crippen LogP contribution is 2.23. The summed E-state index contributed by atoms with van der Waals surface area (Å²) < 4.78 is 2.29. The molecule has 1 aliphatic heterocycles. The monoisotopic (exact) mass is 307 g/mol. The first kappa shape index (κ1) is 14.2. The highest BCUT2D eigenvalue weighted by atomic mass is 15.3. The average molecular weight is 307 g/mol. The van der Waals surface area contributed by atoms with E-state index < -0.39 is 0 Å². The third-order valence-electron chi connectivity index (χ3n) is 4.52. The number of hydrogen-bond acceptors (Lipinski definition) is 4. The Hall–Kier alpha value is -2.43. The Morgan fingerprint density at radius 1 is 1.13 bits per heavy atom. The predicted octanol–water partition coefficient (Wildman–Crippen LogP) is 3.47. The third kappa shape index (κ3) is 2.79. The molecule has 5 nitrogen and oxygen atoms in total. The lowest BCUT2D eigenvalue weighted by Crippen LogP contribution is -2.10. The van der Waals surface area contributed by atoms with Gasteiger partial charge in [-0.2, -0.15) is 0 Å². The van der Waals surface area contributed by atoms with E-state index >= 15 is 0 Å². The molecule has 0 spiro atoms. The largest absolute Gasteiger partial charge is 0.377 e. The number of nitrogens with zero attached hydrogens (tertiary/aromatic N) is 4. The van der Waals surface area contributed by atoms with Crippen molar-refractivity contribution in [1.82, 2.24) is 19.7 Å². The van der Waals surface area contributed by atoms with E-state index in [0.717, 1.165) is 41.2 Å². The van der Waals surface area contributed by atoms with Crippen LogP contribution in [-0.2, 0) is 19.5 Å². The van der Waals surface area contributed by atoms with E-state index in [0.29, 0.717) is 6.54 Å². The Bertz CT molecular complexity index is 837. The maximum absolute atomic E-state index is 4.44. The van der Waals surface area contributed by atoms with Crippen LogP contribution >= 0.6 is 0 Å². The Morgan fingerprint density at radius 2 is 2.09 bits per heavy atom. The van der Waals surface area contributed by atoms with Crippen molar-refractivity contribution in [3.05, 3.63) is 47.7 Å². The number of nitrogens with one attached hydrogen (secondary N) is 1. The van der Waals surface area contributed by atoms with Gasteiger partial charge in [0, 0.05) is 30.2 Å². The van der Waals surface area contributed by atoms with Gasteiger partial charge in [0.15, 0.2) is 5.82 Å². The van der Waals surface area contributed by atoms with Gasteiger partial charge in [0.25, 0.3) is 0 Å². The van der Waals surface area contributed by atoms with Crippen LogP contribution in [0.2, 0.25) is 0 Å². The highest BCUT2D eigenvalue weighted by Gasteiger charge is 2.14. The molecule has 0 amide bonds. The molecule has 0 aliphatic carbocycles. The summed E-state index contributed by atoms with van der Waals surface area (Å²) in [6.07, 6.45) is 6.62. The van der Waals surface area contributed by atoms with Crippen LogP contribution in [0.5, 0.6) is 0 Å². The molecule has 0 saturated carbocycles. The van der Waals surface area contributed by atoms with Crippen LogP contribution in [0.15, 0.2) is 30.5 Å². The Kier molecular flexibility index (Phi) is 3.69. The maximum Gasteiger partial charge on any atom is 0.152 e. The van der Waals surface area contributed by atoms with Crippen molar-refractivity contribution in [2.75, 3.05) is 5.32 Å². The van der Waals surface area contributed by atoms with Crippen molar-refractivity contribution in [3.8, 4) is 0 Å². The van der Waals surface area contributed by atoms with Crippen molar-refractivity contribution in [3.63, 3.8) is 0 Å². The van der Waals surface area contributed by atoms with Gasteiger partial charge in [-0.3, -0.25) is 4.98 Å². The summed E-state index contributed by atoms with van der Waals surface area (Å²) in [5, 5.41) is 13.4. The molecule has 3 aromatic rings. The SMILES string of the molecule is Cc1ccc2nccc(NCc3nnc4n3CCCCC4)c2c1. The maximum atomic E-state index is 4.44. The molecule has 1 aromatic carbocycles. The van der Waals surface area contributed by atoms with E-state index in [1.54, 1.807) is 0 Å². The zero-order valence-electron chi connectivity index (χ0n) is 13.4. The number of aryl methyl sites for hydroxylation is 2. The summed E-state index contributed by atoms with van der Waals surface area (Å²) in [5.41, 5.74) is 3.36. The molecule has 2 aromatic heterocycles. The molecule has 0 radical (unpaired) electrons. The molecule has 5 heteroatoms. The molecular formula is C18H21N5. The van der Waals surface area contributed by atoms with E-state index in [4.69, 9.17) is 0 Å². The van der Waals surface area contributed by atoms with E-state index in [1.165, 1.54) is 24.8 Å². The van der Waals surface area contributed by atoms with Crippen LogP contribution in [-0.4, -0.2) is 19.7 Å². The molecule has 0 fully saturated rings. The number of rotatable bonds is 3. The lowest BCUT2D eigenvalue weighted by atomic mass is 10.1. The van der Waals surface area contributed by atoms with Gasteiger partial charge in [-0.05, 0) is 38.0 Å². The predicted molar refractivity (Wildman–Crippen MR) is 91.4 cm³/mol. The third-order valence-corrected chi connectivity index (χ3v) is 4.52. The molecule has 118 valence electrons. The van der Waals surface area contributed by atoms with E-state index in [-0.39, 0.29) is 0 Å². The first-order valence-electron chi connectivity index (χ1n) is 8.31. The van der Waals surface area contributed by atoms with Crippen molar-refractivity contribution in [2.24, 2.45) is 0 Å². The minimum Gasteiger partial charge on any atom is -0.377 e. The van der Waals surface area contributed by atoms with Crippen LogP contribution < -0.4 is 5.32 Å². The molecule has 0 bridgehead atoms. The van der Waals surface area contributed by atoms with Gasteiger partial charge >= 0.3 is 0 Å². The Labute approximate surface area is 135 Å². The number of hydrogen-bond donors (Lipinski definition) is 1. The summed E-state index contributed by atoms with van der Waals surface area (Å²) >= 11 is 0. The van der Waals surface area contributed by atoms with Crippen molar-refractivity contribution in [1.29, 1.82) is 0 Å². The standard InChI is InChI=1S/C18H21N5/c1-13-6-7-15-14(11-13)16(8-9-19-15)20-12-18-22-21-17-5-3-2-4-10-23(17)18/h6-9,11H,2-5,10,12H2,1H3,(H,19,20). The smallest absolute Gasteiger partial charge is 0.152 e. The van der Waals surface area contributed by atoms with Gasteiger partial charge in [0.2, 0.25) is 0 Å². The molecule has 1 aliphatic rings. The number of pyridine rings is 1. The fourth-order valence-electron chi connectivity index (χ4n) is 3.26. The molecule has 3 heterocycles. The minimum atomic E-state index is 0.694.